The first kappa shape index (κ1) is 30.6. The van der Waals surface area contributed by atoms with Gasteiger partial charge in [-0.1, -0.05) is 92.4 Å². The molecule has 0 spiro atoms. The lowest BCUT2D eigenvalue weighted by Gasteiger charge is -2.34. The van der Waals surface area contributed by atoms with E-state index in [0.29, 0.717) is 22.7 Å². The third-order valence-electron chi connectivity index (χ3n) is 7.65. The molecule has 7 nitrogen and oxygen atoms in total. The maximum atomic E-state index is 14.2. The number of carbonyl (C=O) groups is 2. The van der Waals surface area contributed by atoms with Gasteiger partial charge in [0.05, 0.1) is 10.6 Å². The molecule has 3 aromatic carbocycles. The van der Waals surface area contributed by atoms with Crippen molar-refractivity contribution < 1.29 is 18.0 Å². The molecule has 41 heavy (non-hydrogen) atoms. The number of benzene rings is 3. The summed E-state index contributed by atoms with van der Waals surface area (Å²) in [6.45, 7) is 3.28. The van der Waals surface area contributed by atoms with Crippen LogP contribution in [-0.4, -0.2) is 43.8 Å². The molecule has 0 heterocycles. The number of hydrogen-bond acceptors (Lipinski definition) is 4. The molecule has 4 rings (SSSR count). The van der Waals surface area contributed by atoms with Crippen LogP contribution in [0.3, 0.4) is 0 Å². The number of nitrogens with zero attached hydrogens (tertiary/aromatic N) is 2. The van der Waals surface area contributed by atoms with Crippen molar-refractivity contribution in [3.05, 3.63) is 95.0 Å². The molecule has 9 heteroatoms. The lowest BCUT2D eigenvalue weighted by atomic mass is 9.95. The molecule has 1 aliphatic rings. The highest BCUT2D eigenvalue weighted by Gasteiger charge is 2.35. The number of carbonyl (C=O) groups excluding carboxylic acids is 2. The third kappa shape index (κ3) is 7.49. The quantitative estimate of drug-likeness (QED) is 0.290. The molecule has 1 fully saturated rings. The molecule has 0 unspecified atom stereocenters. The zero-order valence-corrected chi connectivity index (χ0v) is 25.2. The van der Waals surface area contributed by atoms with Gasteiger partial charge in [0.2, 0.25) is 11.8 Å². The fourth-order valence-corrected chi connectivity index (χ4v) is 7.01. The van der Waals surface area contributed by atoms with Crippen LogP contribution in [-0.2, 0) is 26.2 Å². The van der Waals surface area contributed by atoms with Crippen LogP contribution < -0.4 is 9.62 Å². The Hall–Kier alpha value is -3.36. The summed E-state index contributed by atoms with van der Waals surface area (Å²) in [5, 5.41) is 3.56. The van der Waals surface area contributed by atoms with E-state index >= 15 is 0 Å². The fraction of sp³-hybridized carbons (Fsp3) is 0.375. The molecular weight excluding hydrogens is 558 g/mol. The fourth-order valence-electron chi connectivity index (χ4n) is 5.34. The van der Waals surface area contributed by atoms with E-state index < -0.39 is 28.5 Å². The standard InChI is InChI=1S/C32H38ClN3O4S/c1-3-29(32(38)34-26-16-9-5-10-17-26)35(22-25-14-7-4-8-15-25)31(37)23-36(30-21-13-20-28(33)24(30)2)41(39,40)27-18-11-6-12-19-27/h4,6-8,11-15,18-21,26,29H,3,5,9-10,16-17,22-23H2,1-2H3,(H,34,38)/t29-/m1/s1. The van der Waals surface area contributed by atoms with Crippen LogP contribution in [0.2, 0.25) is 5.02 Å². The van der Waals surface area contributed by atoms with E-state index in [0.717, 1.165) is 42.0 Å². The summed E-state index contributed by atoms with van der Waals surface area (Å²) in [6, 6.07) is 21.8. The van der Waals surface area contributed by atoms with E-state index in [2.05, 4.69) is 5.32 Å². The van der Waals surface area contributed by atoms with Crippen molar-refractivity contribution >= 4 is 39.1 Å². The number of nitrogens with one attached hydrogen (secondary N) is 1. The molecule has 1 atom stereocenters. The molecule has 218 valence electrons. The topological polar surface area (TPSA) is 86.8 Å². The number of hydrogen-bond donors (Lipinski definition) is 1. The molecule has 1 N–H and O–H groups in total. The zero-order valence-electron chi connectivity index (χ0n) is 23.6. The Morgan fingerprint density at radius 2 is 1.56 bits per heavy atom. The summed E-state index contributed by atoms with van der Waals surface area (Å²) in [5.74, 6) is -0.682. The molecule has 2 amide bonds. The normalized spacial score (nSPS) is 14.7. The molecule has 3 aromatic rings. The third-order valence-corrected chi connectivity index (χ3v) is 9.83. The van der Waals surface area contributed by atoms with Crippen LogP contribution >= 0.6 is 11.6 Å². The smallest absolute Gasteiger partial charge is 0.264 e. The molecule has 1 aliphatic carbocycles. The first-order valence-corrected chi connectivity index (χ1v) is 16.0. The second kappa shape index (κ2) is 14.0. The van der Waals surface area contributed by atoms with E-state index in [-0.39, 0.29) is 23.4 Å². The Morgan fingerprint density at radius 1 is 0.927 bits per heavy atom. The van der Waals surface area contributed by atoms with Crippen LogP contribution in [0.4, 0.5) is 5.69 Å². The highest BCUT2D eigenvalue weighted by Crippen LogP contribution is 2.31. The van der Waals surface area contributed by atoms with E-state index in [1.54, 1.807) is 43.3 Å². The molecule has 0 saturated heterocycles. The molecule has 0 aliphatic heterocycles. The van der Waals surface area contributed by atoms with Crippen molar-refractivity contribution in [3.63, 3.8) is 0 Å². The molecular formula is C32H38ClN3O4S. The minimum Gasteiger partial charge on any atom is -0.352 e. The Bertz CT molecular complexity index is 1430. The molecule has 1 saturated carbocycles. The molecule has 0 aromatic heterocycles. The van der Waals surface area contributed by atoms with Gasteiger partial charge in [0, 0.05) is 17.6 Å². The van der Waals surface area contributed by atoms with Crippen molar-refractivity contribution in [2.24, 2.45) is 0 Å². The van der Waals surface area contributed by atoms with Crippen LogP contribution in [0, 0.1) is 6.92 Å². The van der Waals surface area contributed by atoms with E-state index in [4.69, 9.17) is 11.6 Å². The maximum absolute atomic E-state index is 14.2. The number of anilines is 1. The predicted octanol–water partition coefficient (Wildman–Crippen LogP) is 6.10. The van der Waals surface area contributed by atoms with E-state index in [1.165, 1.54) is 17.0 Å². The Kier molecular flexibility index (Phi) is 10.5. The van der Waals surface area contributed by atoms with Crippen LogP contribution in [0.15, 0.2) is 83.8 Å². The van der Waals surface area contributed by atoms with E-state index in [1.807, 2.05) is 37.3 Å². The van der Waals surface area contributed by atoms with Gasteiger partial charge < -0.3 is 10.2 Å². The van der Waals surface area contributed by atoms with Crippen LogP contribution in [0.25, 0.3) is 0 Å². The second-order valence-electron chi connectivity index (χ2n) is 10.5. The van der Waals surface area contributed by atoms with Crippen LogP contribution in [0.5, 0.6) is 0 Å². The highest BCUT2D eigenvalue weighted by molar-refractivity contribution is 7.92. The highest BCUT2D eigenvalue weighted by atomic mass is 35.5. The lowest BCUT2D eigenvalue weighted by Crippen LogP contribution is -2.54. The summed E-state index contributed by atoms with van der Waals surface area (Å²) < 4.78 is 29.1. The minimum absolute atomic E-state index is 0.0591. The summed E-state index contributed by atoms with van der Waals surface area (Å²) in [4.78, 5) is 29.4. The van der Waals surface area contributed by atoms with Gasteiger partial charge in [-0.25, -0.2) is 8.42 Å². The monoisotopic (exact) mass is 595 g/mol. The van der Waals surface area contributed by atoms with Crippen molar-refractivity contribution in [1.29, 1.82) is 0 Å². The average Bonchev–Trinajstić information content (AvgIpc) is 2.98. The number of sulfonamides is 1. The predicted molar refractivity (Wildman–Crippen MR) is 163 cm³/mol. The average molecular weight is 596 g/mol. The van der Waals surface area contributed by atoms with Gasteiger partial charge in [-0.3, -0.25) is 13.9 Å². The Morgan fingerprint density at radius 3 is 2.20 bits per heavy atom. The number of amides is 2. The number of rotatable bonds is 11. The van der Waals surface area contributed by atoms with Gasteiger partial charge in [-0.15, -0.1) is 0 Å². The van der Waals surface area contributed by atoms with Crippen molar-refractivity contribution in [2.45, 2.75) is 75.9 Å². The van der Waals surface area contributed by atoms with Gasteiger partial charge in [-0.2, -0.15) is 0 Å². The lowest BCUT2D eigenvalue weighted by molar-refractivity contribution is -0.140. The summed E-state index contributed by atoms with van der Waals surface area (Å²) in [5.41, 5.74) is 1.70. The molecule has 0 radical (unpaired) electrons. The first-order valence-electron chi connectivity index (χ1n) is 14.2. The zero-order chi connectivity index (χ0) is 29.4. The molecule has 0 bridgehead atoms. The summed E-state index contributed by atoms with van der Waals surface area (Å²) in [7, 11) is -4.14. The van der Waals surface area contributed by atoms with Crippen molar-refractivity contribution in [3.8, 4) is 0 Å². The van der Waals surface area contributed by atoms with Crippen molar-refractivity contribution in [1.82, 2.24) is 10.2 Å². The van der Waals surface area contributed by atoms with Gasteiger partial charge in [0.15, 0.2) is 0 Å². The Balaban J connectivity index is 1.71. The van der Waals surface area contributed by atoms with Crippen molar-refractivity contribution in [2.75, 3.05) is 10.8 Å². The first-order chi connectivity index (χ1) is 19.7. The van der Waals surface area contributed by atoms with Gasteiger partial charge in [-0.05, 0) is 61.6 Å². The number of halogens is 1. The van der Waals surface area contributed by atoms with Gasteiger partial charge in [0.1, 0.15) is 12.6 Å². The SMILES string of the molecule is CC[C@H](C(=O)NC1CCCCC1)N(Cc1ccccc1)C(=O)CN(c1cccc(Cl)c1C)S(=O)(=O)c1ccccc1. The summed E-state index contributed by atoms with van der Waals surface area (Å²) >= 11 is 6.40. The van der Waals surface area contributed by atoms with Crippen LogP contribution in [0.1, 0.15) is 56.6 Å². The largest absolute Gasteiger partial charge is 0.352 e. The maximum Gasteiger partial charge on any atom is 0.264 e. The van der Waals surface area contributed by atoms with Gasteiger partial charge in [0.25, 0.3) is 10.0 Å². The Labute approximate surface area is 248 Å². The second-order valence-corrected chi connectivity index (χ2v) is 12.8. The van der Waals surface area contributed by atoms with Gasteiger partial charge >= 0.3 is 0 Å². The minimum atomic E-state index is -4.14. The summed E-state index contributed by atoms with van der Waals surface area (Å²) in [6.07, 6.45) is 5.53. The van der Waals surface area contributed by atoms with E-state index in [9.17, 15) is 18.0 Å².